The van der Waals surface area contributed by atoms with Gasteiger partial charge in [0.1, 0.15) is 6.33 Å². The summed E-state index contributed by atoms with van der Waals surface area (Å²) in [6.45, 7) is 3.98. The van der Waals surface area contributed by atoms with Crippen molar-refractivity contribution in [3.63, 3.8) is 0 Å². The molecule has 0 saturated carbocycles. The van der Waals surface area contributed by atoms with Crippen molar-refractivity contribution >= 4 is 35.1 Å². The van der Waals surface area contributed by atoms with Crippen molar-refractivity contribution in [1.29, 1.82) is 0 Å². The van der Waals surface area contributed by atoms with Gasteiger partial charge in [-0.05, 0) is 26.0 Å². The molecule has 9 heteroatoms. The Morgan fingerprint density at radius 2 is 2.09 bits per heavy atom. The van der Waals surface area contributed by atoms with E-state index in [4.69, 9.17) is 0 Å². The molecule has 2 rings (SSSR count). The van der Waals surface area contributed by atoms with E-state index in [2.05, 4.69) is 15.5 Å². The molecule has 0 fully saturated rings. The first-order valence-corrected chi connectivity index (χ1v) is 8.70. The first-order valence-electron chi connectivity index (χ1n) is 6.83. The Bertz CT molecular complexity index is 664. The summed E-state index contributed by atoms with van der Waals surface area (Å²) in [5, 5.41) is 11.1. The molecule has 0 spiro atoms. The van der Waals surface area contributed by atoms with Gasteiger partial charge in [-0.15, -0.1) is 10.2 Å². The van der Waals surface area contributed by atoms with Crippen LogP contribution in [0.1, 0.15) is 19.9 Å². The summed E-state index contributed by atoms with van der Waals surface area (Å²) in [7, 11) is 0. The number of carbonyl (C=O) groups is 1. The Morgan fingerprint density at radius 3 is 2.78 bits per heavy atom. The van der Waals surface area contributed by atoms with Crippen LogP contribution < -0.4 is 5.32 Å². The van der Waals surface area contributed by atoms with Crippen LogP contribution in [0.5, 0.6) is 0 Å². The molecule has 2 aromatic rings. The van der Waals surface area contributed by atoms with Crippen molar-refractivity contribution in [2.75, 3.05) is 11.1 Å². The Morgan fingerprint density at radius 1 is 1.35 bits per heavy atom. The maximum Gasteiger partial charge on any atom is 0.288 e. The van der Waals surface area contributed by atoms with Gasteiger partial charge in [0, 0.05) is 10.9 Å². The van der Waals surface area contributed by atoms with Crippen LogP contribution in [0.2, 0.25) is 0 Å². The topological polar surface area (TPSA) is 59.8 Å². The Labute approximate surface area is 141 Å². The number of anilines is 1. The molecule has 1 aromatic carbocycles. The summed E-state index contributed by atoms with van der Waals surface area (Å²) < 4.78 is 26.9. The van der Waals surface area contributed by atoms with E-state index in [1.807, 2.05) is 18.4 Å². The van der Waals surface area contributed by atoms with Crippen LogP contribution in [0.25, 0.3) is 0 Å². The smallest absolute Gasteiger partial charge is 0.288 e. The van der Waals surface area contributed by atoms with E-state index in [0.717, 1.165) is 0 Å². The van der Waals surface area contributed by atoms with E-state index in [0.29, 0.717) is 27.5 Å². The van der Waals surface area contributed by atoms with E-state index >= 15 is 0 Å². The van der Waals surface area contributed by atoms with E-state index in [9.17, 15) is 13.6 Å². The SMILES string of the molecule is CC(C)n1cnnc1SCC(=O)Nc1ccccc1SC(F)F. The van der Waals surface area contributed by atoms with Gasteiger partial charge in [-0.3, -0.25) is 4.79 Å². The molecule has 1 aromatic heterocycles. The minimum Gasteiger partial charge on any atom is -0.324 e. The third kappa shape index (κ3) is 5.21. The Balaban J connectivity index is 1.96. The molecular weight excluding hydrogens is 342 g/mol. The molecule has 0 radical (unpaired) electrons. The van der Waals surface area contributed by atoms with Crippen molar-refractivity contribution in [3.05, 3.63) is 30.6 Å². The number of aromatic nitrogens is 3. The van der Waals surface area contributed by atoms with Crippen LogP contribution >= 0.6 is 23.5 Å². The molecular formula is C14H16F2N4OS2. The minimum absolute atomic E-state index is 0.124. The van der Waals surface area contributed by atoms with Crippen LogP contribution in [-0.2, 0) is 4.79 Å². The second-order valence-corrected chi connectivity index (χ2v) is 6.80. The molecule has 0 saturated heterocycles. The zero-order valence-electron chi connectivity index (χ0n) is 12.6. The van der Waals surface area contributed by atoms with Gasteiger partial charge < -0.3 is 9.88 Å². The summed E-state index contributed by atoms with van der Waals surface area (Å²) in [5.41, 5.74) is 0.383. The van der Waals surface area contributed by atoms with Crippen molar-refractivity contribution in [3.8, 4) is 0 Å². The molecule has 23 heavy (non-hydrogen) atoms. The fourth-order valence-electron chi connectivity index (χ4n) is 1.77. The van der Waals surface area contributed by atoms with Gasteiger partial charge in [0.15, 0.2) is 5.16 Å². The maximum absolute atomic E-state index is 12.5. The normalized spacial score (nSPS) is 11.2. The van der Waals surface area contributed by atoms with E-state index in [1.165, 1.54) is 11.8 Å². The van der Waals surface area contributed by atoms with Gasteiger partial charge in [0.2, 0.25) is 5.91 Å². The van der Waals surface area contributed by atoms with Crippen molar-refractivity contribution in [2.24, 2.45) is 0 Å². The van der Waals surface area contributed by atoms with Gasteiger partial charge in [0.05, 0.1) is 11.4 Å². The van der Waals surface area contributed by atoms with Crippen LogP contribution in [0, 0.1) is 0 Å². The van der Waals surface area contributed by atoms with Crippen LogP contribution in [0.4, 0.5) is 14.5 Å². The molecule has 0 aliphatic heterocycles. The molecule has 1 N–H and O–H groups in total. The van der Waals surface area contributed by atoms with Gasteiger partial charge >= 0.3 is 0 Å². The zero-order valence-corrected chi connectivity index (χ0v) is 14.2. The second kappa shape index (κ2) is 8.30. The third-order valence-corrected chi connectivity index (χ3v) is 4.55. The van der Waals surface area contributed by atoms with E-state index in [1.54, 1.807) is 30.6 Å². The average molecular weight is 358 g/mol. The lowest BCUT2D eigenvalue weighted by Gasteiger charge is -2.11. The van der Waals surface area contributed by atoms with Gasteiger partial charge in [-0.1, -0.05) is 35.7 Å². The van der Waals surface area contributed by atoms with Gasteiger partial charge in [-0.25, -0.2) is 0 Å². The number of halogens is 2. The van der Waals surface area contributed by atoms with Crippen molar-refractivity contribution in [2.45, 2.75) is 35.7 Å². The summed E-state index contributed by atoms with van der Waals surface area (Å²) in [4.78, 5) is 12.4. The summed E-state index contributed by atoms with van der Waals surface area (Å²) >= 11 is 1.66. The molecule has 0 aliphatic carbocycles. The van der Waals surface area contributed by atoms with Crippen molar-refractivity contribution in [1.82, 2.24) is 14.8 Å². The highest BCUT2D eigenvalue weighted by atomic mass is 32.2. The molecule has 0 unspecified atom stereocenters. The molecule has 0 atom stereocenters. The molecule has 1 amide bonds. The molecule has 124 valence electrons. The highest BCUT2D eigenvalue weighted by molar-refractivity contribution is 8.00. The number of amides is 1. The number of alkyl halides is 2. The summed E-state index contributed by atoms with van der Waals surface area (Å²) in [6.07, 6.45) is 1.61. The first kappa shape index (κ1) is 17.7. The first-order chi connectivity index (χ1) is 11.0. The number of nitrogens with one attached hydrogen (secondary N) is 1. The molecule has 1 heterocycles. The Kier molecular flexibility index (Phi) is 6.40. The number of hydrogen-bond donors (Lipinski definition) is 1. The number of carbonyl (C=O) groups excluding carboxylic acids is 1. The van der Waals surface area contributed by atoms with Crippen LogP contribution in [0.15, 0.2) is 40.6 Å². The number of benzene rings is 1. The third-order valence-electron chi connectivity index (χ3n) is 2.81. The fraction of sp³-hybridized carbons (Fsp3) is 0.357. The fourth-order valence-corrected chi connectivity index (χ4v) is 3.21. The predicted molar refractivity (Wildman–Crippen MR) is 88.1 cm³/mol. The second-order valence-electron chi connectivity index (χ2n) is 4.83. The van der Waals surface area contributed by atoms with Crippen LogP contribution in [0.3, 0.4) is 0 Å². The lowest BCUT2D eigenvalue weighted by molar-refractivity contribution is -0.113. The molecule has 0 bridgehead atoms. The number of para-hydroxylation sites is 1. The number of hydrogen-bond acceptors (Lipinski definition) is 5. The highest BCUT2D eigenvalue weighted by Crippen LogP contribution is 2.31. The zero-order chi connectivity index (χ0) is 16.8. The lowest BCUT2D eigenvalue weighted by atomic mass is 10.3. The molecule has 5 nitrogen and oxygen atoms in total. The standard InChI is InChI=1S/C14H16F2N4OS2/c1-9(2)20-8-17-19-14(20)22-7-12(21)18-10-5-3-4-6-11(10)23-13(15)16/h3-6,8-9,13H,7H2,1-2H3,(H,18,21). The average Bonchev–Trinajstić information content (AvgIpc) is 2.95. The Hall–Kier alpha value is -1.61. The summed E-state index contributed by atoms with van der Waals surface area (Å²) in [5.74, 6) is -2.69. The van der Waals surface area contributed by atoms with Crippen molar-refractivity contribution < 1.29 is 13.6 Å². The minimum atomic E-state index is -2.54. The lowest BCUT2D eigenvalue weighted by Crippen LogP contribution is -2.15. The number of nitrogens with zero attached hydrogens (tertiary/aromatic N) is 3. The number of rotatable bonds is 7. The van der Waals surface area contributed by atoms with Gasteiger partial charge in [0.25, 0.3) is 5.76 Å². The number of thioether (sulfide) groups is 2. The monoisotopic (exact) mass is 358 g/mol. The quantitative estimate of drug-likeness (QED) is 0.761. The van der Waals surface area contributed by atoms with Crippen LogP contribution in [-0.4, -0.2) is 32.2 Å². The van der Waals surface area contributed by atoms with E-state index < -0.39 is 5.76 Å². The largest absolute Gasteiger partial charge is 0.324 e. The predicted octanol–water partition coefficient (Wildman–Crippen LogP) is 3.90. The summed E-state index contributed by atoms with van der Waals surface area (Å²) in [6, 6.07) is 6.69. The molecule has 0 aliphatic rings. The van der Waals surface area contributed by atoms with Gasteiger partial charge in [-0.2, -0.15) is 8.78 Å². The highest BCUT2D eigenvalue weighted by Gasteiger charge is 2.14. The maximum atomic E-state index is 12.5. The van der Waals surface area contributed by atoms with E-state index in [-0.39, 0.29) is 17.7 Å².